The minimum Gasteiger partial charge on any atom is -0.461 e. The molecule has 2 unspecified atom stereocenters. The van der Waals surface area contributed by atoms with Crippen LogP contribution in [0.5, 0.6) is 0 Å². The van der Waals surface area contributed by atoms with Crippen molar-refractivity contribution in [3.63, 3.8) is 0 Å². The van der Waals surface area contributed by atoms with E-state index < -0.39 is 0 Å². The number of amides is 1. The number of hydrogen-bond donors (Lipinski definition) is 0. The van der Waals surface area contributed by atoms with Crippen molar-refractivity contribution in [2.24, 2.45) is 5.92 Å². The molecule has 0 aromatic carbocycles. The third-order valence-corrected chi connectivity index (χ3v) is 5.63. The zero-order valence-corrected chi connectivity index (χ0v) is 14.5. The first-order chi connectivity index (χ1) is 11.7. The summed E-state index contributed by atoms with van der Waals surface area (Å²) in [5.41, 5.74) is 0. The first kappa shape index (κ1) is 15.4. The van der Waals surface area contributed by atoms with Crippen LogP contribution in [-0.2, 0) is 4.79 Å². The van der Waals surface area contributed by atoms with Crippen LogP contribution in [0.25, 0.3) is 6.08 Å². The minimum absolute atomic E-state index is 0.0477. The average molecular weight is 343 g/mol. The second-order valence-corrected chi connectivity index (χ2v) is 7.39. The van der Waals surface area contributed by atoms with Crippen molar-refractivity contribution >= 4 is 28.5 Å². The predicted octanol–water partition coefficient (Wildman–Crippen LogP) is 3.22. The Balaban J connectivity index is 1.31. The van der Waals surface area contributed by atoms with Gasteiger partial charge in [0.1, 0.15) is 11.5 Å². The van der Waals surface area contributed by atoms with E-state index in [0.29, 0.717) is 5.92 Å². The van der Waals surface area contributed by atoms with Crippen molar-refractivity contribution in [1.82, 2.24) is 9.88 Å². The fourth-order valence-corrected chi connectivity index (χ4v) is 3.82. The fourth-order valence-electron chi connectivity index (χ4n) is 3.12. The summed E-state index contributed by atoms with van der Waals surface area (Å²) in [7, 11) is 0. The van der Waals surface area contributed by atoms with E-state index in [4.69, 9.17) is 4.42 Å². The summed E-state index contributed by atoms with van der Waals surface area (Å²) < 4.78 is 5.81. The van der Waals surface area contributed by atoms with Gasteiger partial charge in [0.05, 0.1) is 0 Å². The first-order valence-electron chi connectivity index (χ1n) is 8.42. The van der Waals surface area contributed by atoms with Crippen LogP contribution in [0.4, 0.5) is 5.13 Å². The topological polar surface area (TPSA) is 49.6 Å². The highest BCUT2D eigenvalue weighted by atomic mass is 32.1. The van der Waals surface area contributed by atoms with Crippen LogP contribution in [0, 0.1) is 5.92 Å². The zero-order chi connectivity index (χ0) is 16.5. The standard InChI is InChI=1S/C18H21N3O2S/c1-13-12-15(13)16-4-2-14(23-16)3-5-17(22)20-7-9-21(10-8-20)18-19-6-11-24-18/h2-6,11,13,15H,7-10,12H2,1H3/b5-3+. The molecule has 1 saturated heterocycles. The quantitative estimate of drug-likeness (QED) is 0.800. The van der Waals surface area contributed by atoms with Gasteiger partial charge in [0.15, 0.2) is 5.13 Å². The second-order valence-electron chi connectivity index (χ2n) is 6.52. The van der Waals surface area contributed by atoms with Crippen LogP contribution in [0.3, 0.4) is 0 Å². The van der Waals surface area contributed by atoms with Crippen LogP contribution in [-0.4, -0.2) is 42.0 Å². The summed E-state index contributed by atoms with van der Waals surface area (Å²) in [6.45, 7) is 5.35. The van der Waals surface area contributed by atoms with E-state index in [9.17, 15) is 4.79 Å². The number of rotatable bonds is 4. The van der Waals surface area contributed by atoms with Crippen molar-refractivity contribution in [3.05, 3.63) is 41.3 Å². The van der Waals surface area contributed by atoms with Crippen molar-refractivity contribution in [1.29, 1.82) is 0 Å². The Bertz CT molecular complexity index is 729. The molecule has 3 heterocycles. The number of carbonyl (C=O) groups excluding carboxylic acids is 1. The molecule has 2 aromatic rings. The molecular formula is C18H21N3O2S. The number of hydrogen-bond acceptors (Lipinski definition) is 5. The van der Waals surface area contributed by atoms with Gasteiger partial charge in [-0.05, 0) is 30.5 Å². The molecule has 1 aliphatic carbocycles. The maximum absolute atomic E-state index is 12.3. The molecule has 24 heavy (non-hydrogen) atoms. The van der Waals surface area contributed by atoms with E-state index in [2.05, 4.69) is 16.8 Å². The summed E-state index contributed by atoms with van der Waals surface area (Å²) in [6, 6.07) is 3.98. The Morgan fingerprint density at radius 3 is 2.79 bits per heavy atom. The highest BCUT2D eigenvalue weighted by molar-refractivity contribution is 7.13. The zero-order valence-electron chi connectivity index (χ0n) is 13.7. The molecule has 2 aliphatic rings. The Kier molecular flexibility index (Phi) is 4.14. The second kappa shape index (κ2) is 6.43. The molecule has 1 amide bonds. The summed E-state index contributed by atoms with van der Waals surface area (Å²) >= 11 is 1.64. The Hall–Kier alpha value is -2.08. The largest absolute Gasteiger partial charge is 0.461 e. The number of furan rings is 1. The summed E-state index contributed by atoms with van der Waals surface area (Å²) in [5, 5.41) is 3.02. The number of anilines is 1. The van der Waals surface area contributed by atoms with Gasteiger partial charge in [-0.15, -0.1) is 11.3 Å². The normalized spacial score (nSPS) is 23.9. The van der Waals surface area contributed by atoms with Crippen LogP contribution in [0.2, 0.25) is 0 Å². The van der Waals surface area contributed by atoms with Crippen molar-refractivity contribution in [2.75, 3.05) is 31.1 Å². The van der Waals surface area contributed by atoms with Crippen LogP contribution in [0.1, 0.15) is 30.8 Å². The smallest absolute Gasteiger partial charge is 0.246 e. The number of carbonyl (C=O) groups is 1. The van der Waals surface area contributed by atoms with E-state index in [-0.39, 0.29) is 5.91 Å². The van der Waals surface area contributed by atoms with Gasteiger partial charge in [0, 0.05) is 49.7 Å². The molecule has 0 N–H and O–H groups in total. The van der Waals surface area contributed by atoms with Gasteiger partial charge in [-0.1, -0.05) is 6.92 Å². The minimum atomic E-state index is 0.0477. The molecule has 2 atom stereocenters. The summed E-state index contributed by atoms with van der Waals surface area (Å²) in [6.07, 6.45) is 6.43. The molecule has 1 aliphatic heterocycles. The Morgan fingerprint density at radius 1 is 1.33 bits per heavy atom. The molecular weight excluding hydrogens is 322 g/mol. The van der Waals surface area contributed by atoms with Crippen molar-refractivity contribution < 1.29 is 9.21 Å². The number of thiazole rings is 1. The Labute approximate surface area is 145 Å². The summed E-state index contributed by atoms with van der Waals surface area (Å²) in [5.74, 6) is 3.16. The first-order valence-corrected chi connectivity index (χ1v) is 9.30. The molecule has 2 aromatic heterocycles. The van der Waals surface area contributed by atoms with Crippen molar-refractivity contribution in [3.8, 4) is 0 Å². The van der Waals surface area contributed by atoms with Crippen LogP contribution >= 0.6 is 11.3 Å². The van der Waals surface area contributed by atoms with Gasteiger partial charge in [0.2, 0.25) is 5.91 Å². The van der Waals surface area contributed by atoms with E-state index in [0.717, 1.165) is 48.7 Å². The van der Waals surface area contributed by atoms with Gasteiger partial charge >= 0.3 is 0 Å². The molecule has 0 radical (unpaired) electrons. The van der Waals surface area contributed by atoms with Crippen LogP contribution < -0.4 is 4.90 Å². The lowest BCUT2D eigenvalue weighted by molar-refractivity contribution is -0.126. The molecule has 6 heteroatoms. The molecule has 5 nitrogen and oxygen atoms in total. The lowest BCUT2D eigenvalue weighted by Gasteiger charge is -2.34. The average Bonchev–Trinajstić information content (AvgIpc) is 3.04. The van der Waals surface area contributed by atoms with E-state index in [1.54, 1.807) is 23.5 Å². The SMILES string of the molecule is CC1CC1c1ccc(/C=C/C(=O)N2CCN(c3nccs3)CC2)o1. The third-order valence-electron chi connectivity index (χ3n) is 4.79. The van der Waals surface area contributed by atoms with Gasteiger partial charge in [-0.2, -0.15) is 0 Å². The highest BCUT2D eigenvalue weighted by Crippen LogP contribution is 2.47. The lowest BCUT2D eigenvalue weighted by atomic mass is 10.3. The Morgan fingerprint density at radius 2 is 2.12 bits per heavy atom. The monoisotopic (exact) mass is 343 g/mol. The maximum atomic E-state index is 12.3. The summed E-state index contributed by atoms with van der Waals surface area (Å²) in [4.78, 5) is 20.8. The van der Waals surface area contributed by atoms with E-state index in [1.165, 1.54) is 6.42 Å². The maximum Gasteiger partial charge on any atom is 0.246 e. The fraction of sp³-hybridized carbons (Fsp3) is 0.444. The van der Waals surface area contributed by atoms with Crippen molar-refractivity contribution in [2.45, 2.75) is 19.3 Å². The van der Waals surface area contributed by atoms with Gasteiger partial charge in [-0.3, -0.25) is 4.79 Å². The molecule has 4 rings (SSSR count). The van der Waals surface area contributed by atoms with Gasteiger partial charge < -0.3 is 14.2 Å². The molecule has 0 spiro atoms. The van der Waals surface area contributed by atoms with Crippen LogP contribution in [0.15, 0.2) is 34.2 Å². The van der Waals surface area contributed by atoms with Gasteiger partial charge in [0.25, 0.3) is 0 Å². The lowest BCUT2D eigenvalue weighted by Crippen LogP contribution is -2.48. The number of nitrogens with zero attached hydrogens (tertiary/aromatic N) is 3. The molecule has 1 saturated carbocycles. The number of piperazine rings is 1. The van der Waals surface area contributed by atoms with E-state index in [1.807, 2.05) is 28.6 Å². The predicted molar refractivity (Wildman–Crippen MR) is 95.2 cm³/mol. The van der Waals surface area contributed by atoms with Gasteiger partial charge in [-0.25, -0.2) is 4.98 Å². The number of aromatic nitrogens is 1. The molecule has 126 valence electrons. The third kappa shape index (κ3) is 3.24. The van der Waals surface area contributed by atoms with E-state index >= 15 is 0 Å². The molecule has 2 fully saturated rings. The highest BCUT2D eigenvalue weighted by Gasteiger charge is 2.36. The molecule has 0 bridgehead atoms.